The van der Waals surface area contributed by atoms with Gasteiger partial charge < -0.3 is 10.4 Å². The molecule has 6 nitrogen and oxygen atoms in total. The second-order valence-electron chi connectivity index (χ2n) is 6.18. The van der Waals surface area contributed by atoms with Gasteiger partial charge in [-0.2, -0.15) is 0 Å². The van der Waals surface area contributed by atoms with Crippen LogP contribution in [-0.4, -0.2) is 32.6 Å². The fourth-order valence-electron chi connectivity index (χ4n) is 2.55. The van der Waals surface area contributed by atoms with Crippen molar-refractivity contribution < 1.29 is 9.90 Å². The smallest absolute Gasteiger partial charge is 0.273 e. The fourth-order valence-corrected chi connectivity index (χ4v) is 2.55. The summed E-state index contributed by atoms with van der Waals surface area (Å²) >= 11 is 0. The van der Waals surface area contributed by atoms with Crippen molar-refractivity contribution in [1.82, 2.24) is 20.3 Å². The number of aryl methyl sites for hydroxylation is 1. The number of carbonyl (C=O) groups excluding carboxylic acids is 1. The van der Waals surface area contributed by atoms with Gasteiger partial charge in [0.05, 0.1) is 12.7 Å². The Morgan fingerprint density at radius 1 is 1.12 bits per heavy atom. The molecular formula is C19H20N4O2. The van der Waals surface area contributed by atoms with Crippen LogP contribution in [0.25, 0.3) is 11.1 Å². The number of aromatic nitrogens is 3. The first kappa shape index (κ1) is 16.9. The number of nitrogens with one attached hydrogen (secondary N) is 1. The molecule has 3 aromatic rings. The first-order chi connectivity index (χ1) is 12.0. The molecule has 2 N–H and O–H groups in total. The van der Waals surface area contributed by atoms with E-state index in [-0.39, 0.29) is 18.1 Å². The Balaban J connectivity index is 1.68. The maximum atomic E-state index is 12.0. The van der Waals surface area contributed by atoms with Crippen LogP contribution < -0.4 is 5.32 Å². The summed E-state index contributed by atoms with van der Waals surface area (Å²) in [4.78, 5) is 12.0. The summed E-state index contributed by atoms with van der Waals surface area (Å²) in [6, 6.07) is 17.7. The van der Waals surface area contributed by atoms with Crippen LogP contribution in [0.3, 0.4) is 0 Å². The molecule has 3 rings (SSSR count). The lowest BCUT2D eigenvalue weighted by Gasteiger charge is -2.24. The average molecular weight is 336 g/mol. The molecule has 25 heavy (non-hydrogen) atoms. The Morgan fingerprint density at radius 3 is 2.36 bits per heavy atom. The monoisotopic (exact) mass is 336 g/mol. The van der Waals surface area contributed by atoms with Crippen molar-refractivity contribution in [2.45, 2.75) is 12.5 Å². The van der Waals surface area contributed by atoms with Crippen molar-refractivity contribution in [3.05, 3.63) is 72.1 Å². The Morgan fingerprint density at radius 2 is 1.76 bits per heavy atom. The standard InChI is InChI=1S/C19H20N4O2/c1-19(25,13-20-18(24)17-12-23(2)22-21-17)16-10-8-15(9-11-16)14-6-4-3-5-7-14/h3-12,25H,13H2,1-2H3,(H,20,24)/t19-/m0/s1. The Kier molecular flexibility index (Phi) is 4.63. The summed E-state index contributed by atoms with van der Waals surface area (Å²) in [6.45, 7) is 1.74. The molecule has 128 valence electrons. The molecule has 0 saturated carbocycles. The van der Waals surface area contributed by atoms with Gasteiger partial charge in [-0.25, -0.2) is 0 Å². The number of amides is 1. The van der Waals surface area contributed by atoms with Crippen LogP contribution in [-0.2, 0) is 12.6 Å². The molecular weight excluding hydrogens is 316 g/mol. The zero-order chi connectivity index (χ0) is 17.9. The van der Waals surface area contributed by atoms with Crippen LogP contribution in [0.15, 0.2) is 60.8 Å². The highest BCUT2D eigenvalue weighted by atomic mass is 16.3. The third-order valence-electron chi connectivity index (χ3n) is 4.04. The Labute approximate surface area is 146 Å². The highest BCUT2D eigenvalue weighted by molar-refractivity contribution is 5.91. The molecule has 1 heterocycles. The van der Waals surface area contributed by atoms with Gasteiger partial charge in [0, 0.05) is 7.05 Å². The lowest BCUT2D eigenvalue weighted by molar-refractivity contribution is 0.0525. The van der Waals surface area contributed by atoms with Gasteiger partial charge in [-0.15, -0.1) is 5.10 Å². The number of carbonyl (C=O) groups is 1. The van der Waals surface area contributed by atoms with Gasteiger partial charge in [0.15, 0.2) is 5.69 Å². The van der Waals surface area contributed by atoms with Crippen molar-refractivity contribution in [1.29, 1.82) is 0 Å². The third-order valence-corrected chi connectivity index (χ3v) is 4.04. The van der Waals surface area contributed by atoms with E-state index in [0.717, 1.165) is 16.7 Å². The molecule has 1 amide bonds. The number of hydrogen-bond donors (Lipinski definition) is 2. The number of nitrogens with zero attached hydrogens (tertiary/aromatic N) is 3. The molecule has 0 radical (unpaired) electrons. The molecule has 1 aromatic heterocycles. The first-order valence-electron chi connectivity index (χ1n) is 7.98. The maximum absolute atomic E-state index is 12.0. The topological polar surface area (TPSA) is 80.0 Å². The predicted octanol–water partition coefficient (Wildman–Crippen LogP) is 2.12. The van der Waals surface area contributed by atoms with Crippen LogP contribution in [0.2, 0.25) is 0 Å². The van der Waals surface area contributed by atoms with E-state index in [1.54, 1.807) is 14.0 Å². The molecule has 0 fully saturated rings. The van der Waals surface area contributed by atoms with Crippen LogP contribution in [0, 0.1) is 0 Å². The minimum atomic E-state index is -1.19. The molecule has 1 atom stereocenters. The van der Waals surface area contributed by atoms with E-state index in [4.69, 9.17) is 0 Å². The van der Waals surface area contributed by atoms with Crippen molar-refractivity contribution in [2.75, 3.05) is 6.54 Å². The van der Waals surface area contributed by atoms with Crippen molar-refractivity contribution in [3.63, 3.8) is 0 Å². The van der Waals surface area contributed by atoms with Crippen molar-refractivity contribution >= 4 is 5.91 Å². The molecule has 6 heteroatoms. The maximum Gasteiger partial charge on any atom is 0.273 e. The van der Waals surface area contributed by atoms with E-state index in [1.165, 1.54) is 10.9 Å². The predicted molar refractivity (Wildman–Crippen MR) is 94.8 cm³/mol. The van der Waals surface area contributed by atoms with Crippen LogP contribution >= 0.6 is 0 Å². The van der Waals surface area contributed by atoms with Crippen LogP contribution in [0.5, 0.6) is 0 Å². The average Bonchev–Trinajstić information content (AvgIpc) is 3.07. The number of hydrogen-bond acceptors (Lipinski definition) is 4. The lowest BCUT2D eigenvalue weighted by atomic mass is 9.93. The summed E-state index contributed by atoms with van der Waals surface area (Å²) in [5.41, 5.74) is 1.95. The van der Waals surface area contributed by atoms with E-state index < -0.39 is 5.60 Å². The van der Waals surface area contributed by atoms with E-state index in [0.29, 0.717) is 0 Å². The zero-order valence-corrected chi connectivity index (χ0v) is 14.2. The summed E-state index contributed by atoms with van der Waals surface area (Å²) in [5.74, 6) is -0.366. The summed E-state index contributed by atoms with van der Waals surface area (Å²) in [7, 11) is 1.69. The van der Waals surface area contributed by atoms with Crippen molar-refractivity contribution in [3.8, 4) is 11.1 Å². The van der Waals surface area contributed by atoms with Gasteiger partial charge in [0.1, 0.15) is 5.60 Å². The first-order valence-corrected chi connectivity index (χ1v) is 7.98. The van der Waals surface area contributed by atoms with Gasteiger partial charge in [0.25, 0.3) is 5.91 Å². The number of rotatable bonds is 5. The van der Waals surface area contributed by atoms with Gasteiger partial charge in [-0.3, -0.25) is 9.48 Å². The fraction of sp³-hybridized carbons (Fsp3) is 0.211. The van der Waals surface area contributed by atoms with E-state index in [1.807, 2.05) is 54.6 Å². The van der Waals surface area contributed by atoms with E-state index in [2.05, 4.69) is 15.6 Å². The molecule has 0 bridgehead atoms. The summed E-state index contributed by atoms with van der Waals surface area (Å²) in [6.07, 6.45) is 1.53. The van der Waals surface area contributed by atoms with Crippen molar-refractivity contribution in [2.24, 2.45) is 7.05 Å². The number of benzene rings is 2. The highest BCUT2D eigenvalue weighted by Gasteiger charge is 2.24. The van der Waals surface area contributed by atoms with Gasteiger partial charge >= 0.3 is 0 Å². The van der Waals surface area contributed by atoms with E-state index in [9.17, 15) is 9.90 Å². The molecule has 2 aromatic carbocycles. The number of aliphatic hydroxyl groups is 1. The lowest BCUT2D eigenvalue weighted by Crippen LogP contribution is -2.38. The minimum Gasteiger partial charge on any atom is -0.384 e. The Hall–Kier alpha value is -2.99. The van der Waals surface area contributed by atoms with Gasteiger partial charge in [0.2, 0.25) is 0 Å². The second kappa shape index (κ2) is 6.86. The van der Waals surface area contributed by atoms with Crippen LogP contribution in [0.4, 0.5) is 0 Å². The van der Waals surface area contributed by atoms with Crippen LogP contribution in [0.1, 0.15) is 23.0 Å². The quantitative estimate of drug-likeness (QED) is 0.748. The molecule has 0 aliphatic carbocycles. The minimum absolute atomic E-state index is 0.0765. The third kappa shape index (κ3) is 3.92. The SMILES string of the molecule is Cn1cc(C(=O)NC[C@](C)(O)c2ccc(-c3ccccc3)cc2)nn1. The second-order valence-corrected chi connectivity index (χ2v) is 6.18. The largest absolute Gasteiger partial charge is 0.384 e. The molecule has 0 saturated heterocycles. The van der Waals surface area contributed by atoms with E-state index >= 15 is 0 Å². The van der Waals surface area contributed by atoms with Gasteiger partial charge in [-0.1, -0.05) is 59.8 Å². The zero-order valence-electron chi connectivity index (χ0n) is 14.2. The molecule has 0 spiro atoms. The summed E-state index contributed by atoms with van der Waals surface area (Å²) < 4.78 is 1.45. The molecule has 0 unspecified atom stereocenters. The van der Waals surface area contributed by atoms with Gasteiger partial charge in [-0.05, 0) is 23.6 Å². The highest BCUT2D eigenvalue weighted by Crippen LogP contribution is 2.24. The molecule has 0 aliphatic heterocycles. The normalized spacial score (nSPS) is 13.2. The summed E-state index contributed by atoms with van der Waals surface area (Å²) in [5, 5.41) is 20.9. The Bertz CT molecular complexity index is 855. The molecule has 0 aliphatic rings.